The first-order valence-corrected chi connectivity index (χ1v) is 6.89. The average molecular weight is 406 g/mol. The predicted molar refractivity (Wildman–Crippen MR) is 92.2 cm³/mol. The normalized spacial score (nSPS) is 21.6. The van der Waals surface area contributed by atoms with Crippen LogP contribution in [0.2, 0.25) is 0 Å². The van der Waals surface area contributed by atoms with E-state index in [-0.39, 0.29) is 35.8 Å². The minimum atomic E-state index is -0.203. The van der Waals surface area contributed by atoms with E-state index in [0.717, 1.165) is 31.1 Å². The van der Waals surface area contributed by atoms with Gasteiger partial charge >= 0.3 is 0 Å². The van der Waals surface area contributed by atoms with Crippen molar-refractivity contribution in [2.24, 2.45) is 17.6 Å². The number of nitrogens with zero attached hydrogens (tertiary/aromatic N) is 1. The zero-order chi connectivity index (χ0) is 14.5. The maximum atomic E-state index is 11.3. The predicted octanol–water partition coefficient (Wildman–Crippen LogP) is 1.75. The fourth-order valence-corrected chi connectivity index (χ4v) is 2.64. The molecule has 2 rings (SSSR count). The minimum absolute atomic E-state index is 0. The molecule has 1 amide bonds. The molecule has 0 unspecified atom stereocenters. The average Bonchev–Trinajstić information content (AvgIpc) is 2.80. The van der Waals surface area contributed by atoms with Crippen LogP contribution in [-0.2, 0) is 4.79 Å². The summed E-state index contributed by atoms with van der Waals surface area (Å²) in [5.74, 6) is 1.55. The first-order valence-electron chi connectivity index (χ1n) is 6.89. The molecule has 2 N–H and O–H groups in total. The Morgan fingerprint density at radius 3 is 2.57 bits per heavy atom. The second-order valence-corrected chi connectivity index (χ2v) is 5.25. The van der Waals surface area contributed by atoms with E-state index >= 15 is 0 Å². The van der Waals surface area contributed by atoms with Crippen LogP contribution in [0.5, 0.6) is 11.5 Å². The van der Waals surface area contributed by atoms with Crippen molar-refractivity contribution in [2.75, 3.05) is 33.4 Å². The van der Waals surface area contributed by atoms with Gasteiger partial charge in [0, 0.05) is 19.6 Å². The Labute approximate surface area is 142 Å². The molecule has 1 saturated heterocycles. The van der Waals surface area contributed by atoms with Gasteiger partial charge in [-0.15, -0.1) is 24.0 Å². The van der Waals surface area contributed by atoms with Crippen LogP contribution in [0, 0.1) is 11.8 Å². The number of hydrogen-bond acceptors (Lipinski definition) is 4. The summed E-state index contributed by atoms with van der Waals surface area (Å²) >= 11 is 0. The molecular formula is C15H23IN2O3. The van der Waals surface area contributed by atoms with E-state index in [2.05, 4.69) is 11.8 Å². The van der Waals surface area contributed by atoms with Crippen LogP contribution in [-0.4, -0.2) is 44.2 Å². The molecule has 5 nitrogen and oxygen atoms in total. The maximum absolute atomic E-state index is 11.3. The lowest BCUT2D eigenvalue weighted by Crippen LogP contribution is -2.30. The van der Waals surface area contributed by atoms with Crippen molar-refractivity contribution in [1.29, 1.82) is 0 Å². The van der Waals surface area contributed by atoms with Crippen LogP contribution < -0.4 is 15.2 Å². The monoisotopic (exact) mass is 406 g/mol. The van der Waals surface area contributed by atoms with Crippen LogP contribution in [0.25, 0.3) is 0 Å². The molecule has 0 spiro atoms. The number of carbonyl (C=O) groups is 1. The summed E-state index contributed by atoms with van der Waals surface area (Å²) in [5.41, 5.74) is 5.39. The number of carbonyl (C=O) groups excluding carboxylic acids is 1. The third-order valence-corrected chi connectivity index (χ3v) is 3.79. The number of likely N-dealkylation sites (tertiary alicyclic amines) is 1. The molecule has 118 valence electrons. The molecule has 0 aromatic heterocycles. The lowest BCUT2D eigenvalue weighted by atomic mass is 9.98. The third kappa shape index (κ3) is 4.74. The largest absolute Gasteiger partial charge is 0.493 e. The summed E-state index contributed by atoms with van der Waals surface area (Å²) in [6.45, 7) is 5.04. The molecule has 1 aliphatic heterocycles. The summed E-state index contributed by atoms with van der Waals surface area (Å²) in [5, 5.41) is 0. The van der Waals surface area contributed by atoms with E-state index < -0.39 is 0 Å². The Bertz CT molecular complexity index is 470. The second kappa shape index (κ2) is 8.43. The molecule has 1 heterocycles. The molecule has 0 saturated carbocycles. The van der Waals surface area contributed by atoms with Crippen molar-refractivity contribution in [1.82, 2.24) is 4.90 Å². The molecule has 2 atom stereocenters. The molecule has 1 fully saturated rings. The fourth-order valence-electron chi connectivity index (χ4n) is 2.64. The number of rotatable bonds is 6. The summed E-state index contributed by atoms with van der Waals surface area (Å²) in [6.07, 6.45) is 0. The summed E-state index contributed by atoms with van der Waals surface area (Å²) in [6, 6.07) is 7.58. The van der Waals surface area contributed by atoms with Gasteiger partial charge in [-0.05, 0) is 18.1 Å². The van der Waals surface area contributed by atoms with E-state index in [1.165, 1.54) is 0 Å². The highest BCUT2D eigenvalue weighted by Crippen LogP contribution is 2.26. The number of para-hydroxylation sites is 2. The van der Waals surface area contributed by atoms with Gasteiger partial charge in [0.2, 0.25) is 5.91 Å². The Morgan fingerprint density at radius 2 is 2.00 bits per heavy atom. The van der Waals surface area contributed by atoms with Gasteiger partial charge in [0.1, 0.15) is 6.61 Å². The third-order valence-electron chi connectivity index (χ3n) is 3.79. The molecule has 1 aromatic carbocycles. The van der Waals surface area contributed by atoms with Gasteiger partial charge in [0.15, 0.2) is 11.5 Å². The molecule has 1 aliphatic rings. The van der Waals surface area contributed by atoms with E-state index in [9.17, 15) is 4.79 Å². The SMILES string of the molecule is COc1ccccc1OCCN1C[C@@H](C)[C@H](C(N)=O)C1.I. The topological polar surface area (TPSA) is 64.8 Å². The Kier molecular flexibility index (Phi) is 7.24. The number of methoxy groups -OCH3 is 1. The highest BCUT2D eigenvalue weighted by atomic mass is 127. The molecule has 1 aromatic rings. The van der Waals surface area contributed by atoms with Crippen molar-refractivity contribution in [3.05, 3.63) is 24.3 Å². The van der Waals surface area contributed by atoms with Gasteiger partial charge in [0.25, 0.3) is 0 Å². The van der Waals surface area contributed by atoms with E-state index in [1.54, 1.807) is 7.11 Å². The Balaban J connectivity index is 0.00000220. The van der Waals surface area contributed by atoms with Crippen molar-refractivity contribution in [2.45, 2.75) is 6.92 Å². The van der Waals surface area contributed by atoms with Gasteiger partial charge in [-0.2, -0.15) is 0 Å². The summed E-state index contributed by atoms with van der Waals surface area (Å²) < 4.78 is 11.0. The number of benzene rings is 1. The number of primary amides is 1. The quantitative estimate of drug-likeness (QED) is 0.732. The standard InChI is InChI=1S/C15H22N2O3.HI/c1-11-9-17(10-12(11)15(16)18)7-8-20-14-6-4-3-5-13(14)19-2;/h3-6,11-12H,7-10H2,1-2H3,(H2,16,18);1H/t11-,12-;/m1./s1. The molecule has 0 radical (unpaired) electrons. The van der Waals surface area contributed by atoms with Gasteiger partial charge in [-0.1, -0.05) is 19.1 Å². The van der Waals surface area contributed by atoms with E-state index in [4.69, 9.17) is 15.2 Å². The van der Waals surface area contributed by atoms with Gasteiger partial charge in [0.05, 0.1) is 13.0 Å². The van der Waals surface area contributed by atoms with Crippen molar-refractivity contribution in [3.8, 4) is 11.5 Å². The highest BCUT2D eigenvalue weighted by molar-refractivity contribution is 14.0. The summed E-state index contributed by atoms with van der Waals surface area (Å²) in [7, 11) is 1.63. The van der Waals surface area contributed by atoms with Crippen LogP contribution in [0.4, 0.5) is 0 Å². The smallest absolute Gasteiger partial charge is 0.222 e. The van der Waals surface area contributed by atoms with Crippen molar-refractivity contribution < 1.29 is 14.3 Å². The van der Waals surface area contributed by atoms with Crippen LogP contribution in [0.15, 0.2) is 24.3 Å². The Hall–Kier alpha value is -1.02. The molecule has 0 bridgehead atoms. The van der Waals surface area contributed by atoms with Gasteiger partial charge < -0.3 is 15.2 Å². The first kappa shape index (κ1) is 18.0. The zero-order valence-electron chi connectivity index (χ0n) is 12.5. The van der Waals surface area contributed by atoms with Crippen LogP contribution in [0.3, 0.4) is 0 Å². The van der Waals surface area contributed by atoms with Crippen molar-refractivity contribution >= 4 is 29.9 Å². The lowest BCUT2D eigenvalue weighted by molar-refractivity contribution is -0.122. The van der Waals surface area contributed by atoms with Gasteiger partial charge in [-0.3, -0.25) is 9.69 Å². The molecular weight excluding hydrogens is 383 g/mol. The number of hydrogen-bond donors (Lipinski definition) is 1. The molecule has 21 heavy (non-hydrogen) atoms. The lowest BCUT2D eigenvalue weighted by Gasteiger charge is -2.16. The van der Waals surface area contributed by atoms with Crippen LogP contribution in [0.1, 0.15) is 6.92 Å². The van der Waals surface area contributed by atoms with E-state index in [0.29, 0.717) is 12.5 Å². The zero-order valence-corrected chi connectivity index (χ0v) is 14.8. The maximum Gasteiger partial charge on any atom is 0.222 e. The molecule has 6 heteroatoms. The number of ether oxygens (including phenoxy) is 2. The summed E-state index contributed by atoms with van der Waals surface area (Å²) in [4.78, 5) is 13.5. The second-order valence-electron chi connectivity index (χ2n) is 5.25. The number of amides is 1. The molecule has 0 aliphatic carbocycles. The number of halogens is 1. The van der Waals surface area contributed by atoms with Crippen LogP contribution >= 0.6 is 24.0 Å². The van der Waals surface area contributed by atoms with Crippen molar-refractivity contribution in [3.63, 3.8) is 0 Å². The van der Waals surface area contributed by atoms with Gasteiger partial charge in [-0.25, -0.2) is 0 Å². The number of nitrogens with two attached hydrogens (primary N) is 1. The Morgan fingerprint density at radius 1 is 1.33 bits per heavy atom. The fraction of sp³-hybridized carbons (Fsp3) is 0.533. The minimum Gasteiger partial charge on any atom is -0.493 e. The van der Waals surface area contributed by atoms with E-state index in [1.807, 2.05) is 24.3 Å². The first-order chi connectivity index (χ1) is 9.61. The highest BCUT2D eigenvalue weighted by Gasteiger charge is 2.32.